The minimum Gasteiger partial charge on any atom is -0.481 e. The Morgan fingerprint density at radius 2 is 1.75 bits per heavy atom. The highest BCUT2D eigenvalue weighted by Crippen LogP contribution is 2.31. The maximum atomic E-state index is 13.9. The van der Waals surface area contributed by atoms with Crippen LogP contribution in [0, 0.1) is 18.3 Å². The van der Waals surface area contributed by atoms with E-state index in [1.165, 1.54) is 11.8 Å². The zero-order valence-electron chi connectivity index (χ0n) is 26.2. The molecule has 0 bridgehead atoms. The molecule has 240 valence electrons. The summed E-state index contributed by atoms with van der Waals surface area (Å²) in [6, 6.07) is 5.91. The van der Waals surface area contributed by atoms with Crippen LogP contribution in [0.3, 0.4) is 0 Å². The van der Waals surface area contributed by atoms with Crippen molar-refractivity contribution in [2.24, 2.45) is 11.3 Å². The highest BCUT2D eigenvalue weighted by molar-refractivity contribution is 7.13. The van der Waals surface area contributed by atoms with Crippen molar-refractivity contribution in [3.63, 3.8) is 0 Å². The molecule has 2 aliphatic rings. The number of aliphatic hydroxyl groups is 1. The summed E-state index contributed by atoms with van der Waals surface area (Å²) in [5.41, 5.74) is 4.11. The number of hydrogen-bond donors (Lipinski definition) is 4. The number of carbonyl (C=O) groups excluding carboxylic acids is 3. The van der Waals surface area contributed by atoms with Gasteiger partial charge in [-0.1, -0.05) is 45.0 Å². The van der Waals surface area contributed by atoms with E-state index in [1.807, 2.05) is 57.5 Å². The largest absolute Gasteiger partial charge is 0.481 e. The van der Waals surface area contributed by atoms with Crippen LogP contribution in [0.15, 0.2) is 29.8 Å². The third-order valence-corrected chi connectivity index (χ3v) is 9.61. The third-order valence-electron chi connectivity index (χ3n) is 8.63. The van der Waals surface area contributed by atoms with Gasteiger partial charge in [0.25, 0.3) is 0 Å². The lowest BCUT2D eigenvalue weighted by Gasteiger charge is -2.35. The molecule has 2 saturated heterocycles. The van der Waals surface area contributed by atoms with Crippen LogP contribution in [0.4, 0.5) is 0 Å². The molecule has 44 heavy (non-hydrogen) atoms. The predicted octanol–water partition coefficient (Wildman–Crippen LogP) is 2.98. The number of hydrogen-bond acceptors (Lipinski definition) is 8. The topological polar surface area (TPSA) is 152 Å². The molecule has 4 rings (SSSR count). The lowest BCUT2D eigenvalue weighted by atomic mass is 9.85. The molecule has 2 aliphatic heterocycles. The van der Waals surface area contributed by atoms with Crippen molar-refractivity contribution in [1.29, 1.82) is 0 Å². The number of carbonyl (C=O) groups is 4. The first-order chi connectivity index (χ1) is 20.7. The number of β-amino-alcohol motifs (C(OH)–C–C–N with tert-alkyl or cyclic N) is 1. The van der Waals surface area contributed by atoms with E-state index in [-0.39, 0.29) is 36.7 Å². The second-order valence-corrected chi connectivity index (χ2v) is 13.9. The molecule has 2 aromatic rings. The predicted molar refractivity (Wildman–Crippen MR) is 168 cm³/mol. The number of aliphatic hydroxyl groups excluding tert-OH is 1. The second kappa shape index (κ2) is 14.2. The van der Waals surface area contributed by atoms with Gasteiger partial charge in [0, 0.05) is 26.4 Å². The Kier molecular flexibility index (Phi) is 10.8. The Labute approximate surface area is 263 Å². The summed E-state index contributed by atoms with van der Waals surface area (Å²) < 4.78 is 0. The summed E-state index contributed by atoms with van der Waals surface area (Å²) in [6.45, 7) is 10.9. The SMILES string of the molecule is CC(=O)N[C@H](C(=O)N1C[C@H](O)C[C@H]1C(=O)N[C@@H](CCN1CCC(C(=O)O)CC1)c1ccc(-c2scnc2C)cc1)C(C)(C)C. The number of carboxylic acid groups (broad SMARTS) is 1. The molecular formula is C32H45N5O6S. The first kappa shape index (κ1) is 33.5. The monoisotopic (exact) mass is 627 g/mol. The zero-order chi connectivity index (χ0) is 32.2. The second-order valence-electron chi connectivity index (χ2n) is 13.1. The summed E-state index contributed by atoms with van der Waals surface area (Å²) in [7, 11) is 0. The summed E-state index contributed by atoms with van der Waals surface area (Å²) in [5, 5.41) is 25.8. The normalized spacial score (nSPS) is 21.1. The molecular weight excluding hydrogens is 582 g/mol. The van der Waals surface area contributed by atoms with Crippen LogP contribution >= 0.6 is 11.3 Å². The highest BCUT2D eigenvalue weighted by Gasteiger charge is 2.44. The fraction of sp³-hybridized carbons (Fsp3) is 0.594. The van der Waals surface area contributed by atoms with Crippen molar-refractivity contribution < 1.29 is 29.4 Å². The average molecular weight is 628 g/mol. The van der Waals surface area contributed by atoms with E-state index in [4.69, 9.17) is 0 Å². The molecule has 3 amide bonds. The van der Waals surface area contributed by atoms with E-state index in [0.717, 1.165) is 21.7 Å². The van der Waals surface area contributed by atoms with Crippen LogP contribution in [0.2, 0.25) is 0 Å². The number of aliphatic carboxylic acids is 1. The van der Waals surface area contributed by atoms with Gasteiger partial charge in [-0.25, -0.2) is 4.98 Å². The van der Waals surface area contributed by atoms with Crippen LogP contribution in [0.25, 0.3) is 10.4 Å². The molecule has 1 aromatic carbocycles. The number of thiazole rings is 1. The van der Waals surface area contributed by atoms with Gasteiger partial charge in [0.1, 0.15) is 12.1 Å². The molecule has 12 heteroatoms. The van der Waals surface area contributed by atoms with Gasteiger partial charge >= 0.3 is 5.97 Å². The molecule has 0 spiro atoms. The van der Waals surface area contributed by atoms with Crippen molar-refractivity contribution >= 4 is 35.0 Å². The maximum absolute atomic E-state index is 13.9. The molecule has 0 aliphatic carbocycles. The number of carboxylic acids is 1. The fourth-order valence-electron chi connectivity index (χ4n) is 6.07. The fourth-order valence-corrected chi connectivity index (χ4v) is 6.89. The van der Waals surface area contributed by atoms with Crippen LogP contribution in [-0.4, -0.2) is 93.1 Å². The Morgan fingerprint density at radius 3 is 2.30 bits per heavy atom. The minimum absolute atomic E-state index is 0.00910. The maximum Gasteiger partial charge on any atom is 0.306 e. The molecule has 4 N–H and O–H groups in total. The zero-order valence-corrected chi connectivity index (χ0v) is 27.0. The number of nitrogens with zero attached hydrogens (tertiary/aromatic N) is 3. The highest BCUT2D eigenvalue weighted by atomic mass is 32.1. The van der Waals surface area contributed by atoms with Crippen molar-refractivity contribution in [1.82, 2.24) is 25.4 Å². The summed E-state index contributed by atoms with van der Waals surface area (Å²) in [6.07, 6.45) is 1.02. The number of aryl methyl sites for hydroxylation is 1. The van der Waals surface area contributed by atoms with Gasteiger partial charge in [-0.2, -0.15) is 0 Å². The van der Waals surface area contributed by atoms with Crippen molar-refractivity contribution in [2.75, 3.05) is 26.2 Å². The van der Waals surface area contributed by atoms with Crippen molar-refractivity contribution in [3.8, 4) is 10.4 Å². The Balaban J connectivity index is 1.53. The van der Waals surface area contributed by atoms with Crippen molar-refractivity contribution in [3.05, 3.63) is 41.0 Å². The van der Waals surface area contributed by atoms with E-state index in [0.29, 0.717) is 38.9 Å². The van der Waals surface area contributed by atoms with Crippen LogP contribution in [-0.2, 0) is 19.2 Å². The molecule has 3 heterocycles. The van der Waals surface area contributed by atoms with Gasteiger partial charge in [-0.15, -0.1) is 11.3 Å². The number of amides is 3. The van der Waals surface area contributed by atoms with Gasteiger partial charge in [-0.3, -0.25) is 19.2 Å². The number of benzene rings is 1. The van der Waals surface area contributed by atoms with E-state index < -0.39 is 35.5 Å². The Bertz CT molecular complexity index is 1330. The van der Waals surface area contributed by atoms with Gasteiger partial charge in [0.2, 0.25) is 17.7 Å². The lowest BCUT2D eigenvalue weighted by molar-refractivity contribution is -0.144. The van der Waals surface area contributed by atoms with Gasteiger partial charge in [0.05, 0.1) is 34.1 Å². The summed E-state index contributed by atoms with van der Waals surface area (Å²) >= 11 is 1.57. The molecule has 0 radical (unpaired) electrons. The Morgan fingerprint density at radius 1 is 1.09 bits per heavy atom. The van der Waals surface area contributed by atoms with E-state index >= 15 is 0 Å². The van der Waals surface area contributed by atoms with Crippen molar-refractivity contribution in [2.45, 2.75) is 84.5 Å². The average Bonchev–Trinajstić information content (AvgIpc) is 3.58. The number of likely N-dealkylation sites (tertiary alicyclic amines) is 2. The van der Waals surface area contributed by atoms with Gasteiger partial charge in [0.15, 0.2) is 0 Å². The third kappa shape index (κ3) is 8.22. The first-order valence-corrected chi connectivity index (χ1v) is 16.1. The molecule has 2 fully saturated rings. The smallest absolute Gasteiger partial charge is 0.306 e. The Hall–Kier alpha value is -3.35. The molecule has 4 atom stereocenters. The lowest BCUT2D eigenvalue weighted by Crippen LogP contribution is -2.57. The molecule has 0 saturated carbocycles. The van der Waals surface area contributed by atoms with E-state index in [9.17, 15) is 29.4 Å². The minimum atomic E-state index is -0.885. The first-order valence-electron chi connectivity index (χ1n) is 15.3. The van der Waals surface area contributed by atoms with E-state index in [1.54, 1.807) is 11.3 Å². The quantitative estimate of drug-likeness (QED) is 0.314. The number of rotatable bonds is 10. The van der Waals surface area contributed by atoms with E-state index in [2.05, 4.69) is 20.5 Å². The number of aromatic nitrogens is 1. The number of piperidine rings is 1. The number of nitrogens with one attached hydrogen (secondary N) is 2. The molecule has 0 unspecified atom stereocenters. The summed E-state index contributed by atoms with van der Waals surface area (Å²) in [5.74, 6) is -2.18. The van der Waals surface area contributed by atoms with Crippen LogP contribution < -0.4 is 10.6 Å². The molecule has 1 aromatic heterocycles. The van der Waals surface area contributed by atoms with Gasteiger partial charge in [-0.05, 0) is 55.8 Å². The van der Waals surface area contributed by atoms with Gasteiger partial charge < -0.3 is 30.6 Å². The molecule has 11 nitrogen and oxygen atoms in total. The van der Waals surface area contributed by atoms with Crippen LogP contribution in [0.1, 0.15) is 70.7 Å². The van der Waals surface area contributed by atoms with Crippen LogP contribution in [0.5, 0.6) is 0 Å². The standard InChI is InChI=1S/C32H45N5O6S/c1-19-27(44-18-33-19)22-8-6-21(7-9-22)25(12-15-36-13-10-23(11-14-36)31(42)43)35-29(40)26-16-24(39)17-37(26)30(41)28(32(3,4)5)34-20(2)38/h6-9,18,23-26,28,39H,10-17H2,1-5H3,(H,34,38)(H,35,40)(H,42,43)/t24-,25+,26+,28-/m1/s1. The summed E-state index contributed by atoms with van der Waals surface area (Å²) in [4.78, 5) is 59.9.